The Hall–Kier alpha value is -3.76. The normalized spacial score (nSPS) is 14.6. The Kier molecular flexibility index (Phi) is 7.20. The van der Waals surface area contributed by atoms with E-state index in [9.17, 15) is 4.79 Å². The Morgan fingerprint density at radius 1 is 1.14 bits per heavy atom. The second-order valence-electron chi connectivity index (χ2n) is 9.29. The summed E-state index contributed by atoms with van der Waals surface area (Å²) < 4.78 is 1.69. The number of nitrogens with one attached hydrogen (secondary N) is 2. The number of aryl methyl sites for hydroxylation is 2. The van der Waals surface area contributed by atoms with Gasteiger partial charge in [0.05, 0.1) is 6.20 Å². The van der Waals surface area contributed by atoms with Gasteiger partial charge in [0.2, 0.25) is 11.9 Å². The van der Waals surface area contributed by atoms with Crippen LogP contribution in [0.5, 0.6) is 0 Å². The highest BCUT2D eigenvalue weighted by atomic mass is 32.2. The van der Waals surface area contributed by atoms with Crippen molar-refractivity contribution in [2.75, 3.05) is 30.8 Å². The Morgan fingerprint density at radius 2 is 1.95 bits per heavy atom. The van der Waals surface area contributed by atoms with Gasteiger partial charge < -0.3 is 15.5 Å². The minimum absolute atomic E-state index is 0.259. The van der Waals surface area contributed by atoms with E-state index in [-0.39, 0.29) is 5.91 Å². The summed E-state index contributed by atoms with van der Waals surface area (Å²) in [6.45, 7) is 9.89. The molecule has 0 bridgehead atoms. The predicted octanol–water partition coefficient (Wildman–Crippen LogP) is 4.96. The molecule has 1 aromatic carbocycles. The number of fused-ring (bicyclic) bond motifs is 1. The topological polar surface area (TPSA) is 100 Å². The molecule has 5 rings (SSSR count). The van der Waals surface area contributed by atoms with E-state index in [1.54, 1.807) is 10.7 Å². The molecule has 1 saturated heterocycles. The Labute approximate surface area is 220 Å². The van der Waals surface area contributed by atoms with E-state index in [0.29, 0.717) is 28.4 Å². The van der Waals surface area contributed by atoms with E-state index >= 15 is 0 Å². The molecule has 2 N–H and O–H groups in total. The second-order valence-corrected chi connectivity index (χ2v) is 10.3. The predicted molar refractivity (Wildman–Crippen MR) is 147 cm³/mol. The van der Waals surface area contributed by atoms with Gasteiger partial charge in [0.1, 0.15) is 5.82 Å². The Balaban J connectivity index is 1.41. The lowest BCUT2D eigenvalue weighted by Crippen LogP contribution is -2.29. The fraction of sp³-hybridized carbons (Fsp3) is 0.296. The molecule has 0 saturated carbocycles. The molecule has 1 aliphatic rings. The SMILES string of the molecule is C=CC(=O)Nc1cccc(Sc2nc(Nc3nc(C)c(C4CCN(C)CC4)cc3C)nc3ccnn23)c1. The van der Waals surface area contributed by atoms with Crippen molar-refractivity contribution in [1.82, 2.24) is 29.5 Å². The second kappa shape index (κ2) is 10.7. The number of amides is 1. The molecule has 9 nitrogen and oxygen atoms in total. The zero-order valence-corrected chi connectivity index (χ0v) is 22.0. The number of rotatable bonds is 7. The maximum atomic E-state index is 11.7. The molecule has 0 radical (unpaired) electrons. The van der Waals surface area contributed by atoms with Crippen molar-refractivity contribution in [3.8, 4) is 0 Å². The van der Waals surface area contributed by atoms with Gasteiger partial charge in [-0.25, -0.2) is 4.98 Å². The minimum Gasteiger partial charge on any atom is -0.322 e. The lowest BCUT2D eigenvalue weighted by molar-refractivity contribution is -0.111. The highest BCUT2D eigenvalue weighted by Gasteiger charge is 2.22. The molecule has 0 unspecified atom stereocenters. The van der Waals surface area contributed by atoms with Gasteiger partial charge in [-0.2, -0.15) is 19.6 Å². The summed E-state index contributed by atoms with van der Waals surface area (Å²) in [5, 5.41) is 11.2. The van der Waals surface area contributed by atoms with Crippen LogP contribution in [0.1, 0.15) is 35.6 Å². The molecule has 1 amide bonds. The van der Waals surface area contributed by atoms with Crippen LogP contribution in [0.2, 0.25) is 0 Å². The average Bonchev–Trinajstić information content (AvgIpc) is 3.36. The summed E-state index contributed by atoms with van der Waals surface area (Å²) in [5.74, 6) is 1.49. The van der Waals surface area contributed by atoms with Crippen molar-refractivity contribution in [3.05, 3.63) is 72.1 Å². The van der Waals surface area contributed by atoms with Crippen LogP contribution >= 0.6 is 11.8 Å². The van der Waals surface area contributed by atoms with Crippen LogP contribution in [0.15, 0.2) is 65.3 Å². The number of aromatic nitrogens is 5. The lowest BCUT2D eigenvalue weighted by atomic mass is 9.88. The van der Waals surface area contributed by atoms with E-state index < -0.39 is 0 Å². The van der Waals surface area contributed by atoms with Crippen LogP contribution in [-0.4, -0.2) is 55.5 Å². The zero-order valence-electron chi connectivity index (χ0n) is 21.2. The van der Waals surface area contributed by atoms with Crippen LogP contribution in [0.3, 0.4) is 0 Å². The number of benzene rings is 1. The van der Waals surface area contributed by atoms with Crippen molar-refractivity contribution in [3.63, 3.8) is 0 Å². The van der Waals surface area contributed by atoms with Crippen molar-refractivity contribution in [2.24, 2.45) is 0 Å². The van der Waals surface area contributed by atoms with Crippen LogP contribution in [0.25, 0.3) is 5.65 Å². The van der Waals surface area contributed by atoms with Gasteiger partial charge >= 0.3 is 0 Å². The Morgan fingerprint density at radius 3 is 2.73 bits per heavy atom. The van der Waals surface area contributed by atoms with E-state index in [1.807, 2.05) is 30.3 Å². The highest BCUT2D eigenvalue weighted by molar-refractivity contribution is 7.99. The van der Waals surface area contributed by atoms with Gasteiger partial charge in [0, 0.05) is 22.3 Å². The first-order chi connectivity index (χ1) is 17.9. The summed E-state index contributed by atoms with van der Waals surface area (Å²) in [5.41, 5.74) is 4.80. The number of hydrogen-bond acceptors (Lipinski definition) is 8. The zero-order chi connectivity index (χ0) is 25.9. The molecule has 4 aromatic rings. The molecule has 4 heterocycles. The van der Waals surface area contributed by atoms with E-state index in [2.05, 4.69) is 59.2 Å². The number of nitrogens with zero attached hydrogens (tertiary/aromatic N) is 6. The molecule has 0 spiro atoms. The summed E-state index contributed by atoms with van der Waals surface area (Å²) in [6, 6.07) is 11.6. The molecule has 10 heteroatoms. The quantitative estimate of drug-likeness (QED) is 0.334. The highest BCUT2D eigenvalue weighted by Crippen LogP contribution is 2.33. The van der Waals surface area contributed by atoms with Gasteiger partial charge in [-0.05, 0) is 99.9 Å². The largest absolute Gasteiger partial charge is 0.322 e. The van der Waals surface area contributed by atoms with Crippen LogP contribution < -0.4 is 10.6 Å². The number of carbonyl (C=O) groups excluding carboxylic acids is 1. The van der Waals surface area contributed by atoms with E-state index in [1.165, 1.54) is 23.4 Å². The summed E-state index contributed by atoms with van der Waals surface area (Å²) in [4.78, 5) is 29.3. The number of carbonyl (C=O) groups is 1. The fourth-order valence-electron chi connectivity index (χ4n) is 4.55. The van der Waals surface area contributed by atoms with Crippen LogP contribution in [0.4, 0.5) is 17.5 Å². The first kappa shape index (κ1) is 24.9. The number of piperidine rings is 1. The molecule has 1 aliphatic heterocycles. The fourth-order valence-corrected chi connectivity index (χ4v) is 5.45. The number of likely N-dealkylation sites (tertiary alicyclic amines) is 1. The minimum atomic E-state index is -0.259. The average molecular weight is 515 g/mol. The van der Waals surface area contributed by atoms with Crippen LogP contribution in [-0.2, 0) is 4.79 Å². The van der Waals surface area contributed by atoms with Crippen molar-refractivity contribution < 1.29 is 4.79 Å². The van der Waals surface area contributed by atoms with Crippen LogP contribution in [0, 0.1) is 13.8 Å². The third-order valence-electron chi connectivity index (χ3n) is 6.55. The van der Waals surface area contributed by atoms with Gasteiger partial charge in [0.25, 0.3) is 0 Å². The van der Waals surface area contributed by atoms with Gasteiger partial charge in [-0.15, -0.1) is 0 Å². The molecular formula is C27H30N8OS. The lowest BCUT2D eigenvalue weighted by Gasteiger charge is -2.30. The molecule has 0 aliphatic carbocycles. The first-order valence-electron chi connectivity index (χ1n) is 12.3. The molecular weight excluding hydrogens is 484 g/mol. The standard InChI is InChI=1S/C27H30N8OS/c1-5-24(36)30-20-7-6-8-21(16-20)37-27-33-26(31-23-9-12-28-35(23)27)32-25-17(2)15-22(18(3)29-25)19-10-13-34(4)14-11-19/h5-9,12,15-16,19H,1,10-11,13-14H2,2-4H3,(H,30,36)(H,29,31,32). The van der Waals surface area contributed by atoms with Gasteiger partial charge in [-0.1, -0.05) is 18.7 Å². The van der Waals surface area contributed by atoms with Gasteiger partial charge in [0.15, 0.2) is 10.8 Å². The third kappa shape index (κ3) is 5.65. The van der Waals surface area contributed by atoms with E-state index in [0.717, 1.165) is 47.9 Å². The number of pyridine rings is 1. The molecule has 190 valence electrons. The summed E-state index contributed by atoms with van der Waals surface area (Å²) >= 11 is 1.43. The van der Waals surface area contributed by atoms with Crippen molar-refractivity contribution >= 4 is 40.8 Å². The molecule has 3 aromatic heterocycles. The monoisotopic (exact) mass is 514 g/mol. The van der Waals surface area contributed by atoms with Crippen molar-refractivity contribution in [2.45, 2.75) is 42.7 Å². The Bertz CT molecular complexity index is 1460. The van der Waals surface area contributed by atoms with Gasteiger partial charge in [-0.3, -0.25) is 4.79 Å². The summed E-state index contributed by atoms with van der Waals surface area (Å²) in [6.07, 6.45) is 5.26. The third-order valence-corrected chi connectivity index (χ3v) is 7.49. The van der Waals surface area contributed by atoms with E-state index in [4.69, 9.17) is 9.97 Å². The maximum absolute atomic E-state index is 11.7. The smallest absolute Gasteiger partial charge is 0.247 e. The first-order valence-corrected chi connectivity index (χ1v) is 13.1. The molecule has 1 fully saturated rings. The molecule has 0 atom stereocenters. The number of hydrogen-bond donors (Lipinski definition) is 2. The summed E-state index contributed by atoms with van der Waals surface area (Å²) in [7, 11) is 2.18. The molecule has 37 heavy (non-hydrogen) atoms. The van der Waals surface area contributed by atoms with Crippen molar-refractivity contribution in [1.29, 1.82) is 0 Å². The number of anilines is 3. The maximum Gasteiger partial charge on any atom is 0.247 e.